The molecule has 0 saturated carbocycles. The van der Waals surface area contributed by atoms with Crippen molar-refractivity contribution in [3.05, 3.63) is 77.3 Å². The molecular weight excluding hydrogens is 338 g/mol. The van der Waals surface area contributed by atoms with Crippen LogP contribution in [0.3, 0.4) is 0 Å². The molecule has 0 aliphatic heterocycles. The molecule has 27 heavy (non-hydrogen) atoms. The topological polar surface area (TPSA) is 82.8 Å². The number of rotatable bonds is 5. The maximum Gasteiger partial charge on any atom is 0.214 e. The molecule has 2 N–H and O–H groups in total. The van der Waals surface area contributed by atoms with Crippen LogP contribution < -0.4 is 5.73 Å². The fourth-order valence-electron chi connectivity index (χ4n) is 3.08. The van der Waals surface area contributed by atoms with Gasteiger partial charge < -0.3 is 10.3 Å². The number of nitrogens with zero attached hydrogens (tertiary/aromatic N) is 4. The average Bonchev–Trinajstić information content (AvgIpc) is 3.33. The summed E-state index contributed by atoms with van der Waals surface area (Å²) in [6, 6.07) is 16.6. The fourth-order valence-corrected chi connectivity index (χ4v) is 3.08. The highest BCUT2D eigenvalue weighted by atomic mass is 16.5. The summed E-state index contributed by atoms with van der Waals surface area (Å²) in [6.45, 7) is 5.33. The smallest absolute Gasteiger partial charge is 0.214 e. The van der Waals surface area contributed by atoms with Crippen molar-refractivity contribution in [1.29, 1.82) is 0 Å². The quantitative estimate of drug-likeness (QED) is 0.587. The molecule has 0 atom stereocenters. The summed E-state index contributed by atoms with van der Waals surface area (Å²) in [6.07, 6.45) is 1.33. The molecule has 0 unspecified atom stereocenters. The van der Waals surface area contributed by atoms with Crippen LogP contribution in [0.1, 0.15) is 22.4 Å². The lowest BCUT2D eigenvalue weighted by Crippen LogP contribution is -2.04. The number of aryl methyl sites for hydroxylation is 2. The molecule has 0 spiro atoms. The molecule has 0 radical (unpaired) electrons. The minimum absolute atomic E-state index is 0.461. The van der Waals surface area contributed by atoms with Crippen molar-refractivity contribution in [2.45, 2.75) is 26.9 Å². The second-order valence-electron chi connectivity index (χ2n) is 6.65. The highest BCUT2D eigenvalue weighted by Gasteiger charge is 2.15. The van der Waals surface area contributed by atoms with Crippen LogP contribution in [0.4, 0.5) is 0 Å². The molecule has 2 aromatic heterocycles. The average molecular weight is 359 g/mol. The minimum Gasteiger partial charge on any atom is -0.342 e. The molecule has 0 saturated heterocycles. The molecule has 4 aromatic rings. The van der Waals surface area contributed by atoms with Crippen molar-refractivity contribution in [3.63, 3.8) is 0 Å². The molecule has 6 heteroatoms. The molecule has 4 rings (SSSR count). The Bertz CT molecular complexity index is 1050. The third kappa shape index (κ3) is 3.52. The van der Waals surface area contributed by atoms with E-state index in [4.69, 9.17) is 15.4 Å². The Morgan fingerprint density at radius 2 is 1.74 bits per heavy atom. The predicted octanol–water partition coefficient (Wildman–Crippen LogP) is 3.72. The van der Waals surface area contributed by atoms with Gasteiger partial charge in [0.2, 0.25) is 12.2 Å². The molecule has 0 fully saturated rings. The van der Waals surface area contributed by atoms with Crippen molar-refractivity contribution in [2.75, 3.05) is 0 Å². The second kappa shape index (κ2) is 7.17. The van der Waals surface area contributed by atoms with Crippen LogP contribution in [-0.2, 0) is 13.1 Å². The van der Waals surface area contributed by atoms with Crippen molar-refractivity contribution in [1.82, 2.24) is 19.9 Å². The van der Waals surface area contributed by atoms with Crippen molar-refractivity contribution in [2.24, 2.45) is 5.73 Å². The van der Waals surface area contributed by atoms with E-state index in [1.165, 1.54) is 17.5 Å². The first-order chi connectivity index (χ1) is 13.1. The van der Waals surface area contributed by atoms with E-state index in [2.05, 4.69) is 54.3 Å². The van der Waals surface area contributed by atoms with Crippen LogP contribution in [0.25, 0.3) is 22.6 Å². The van der Waals surface area contributed by atoms with E-state index < -0.39 is 0 Å². The number of hydrogen-bond acceptors (Lipinski definition) is 5. The van der Waals surface area contributed by atoms with Gasteiger partial charge in [0.05, 0.1) is 12.2 Å². The molecule has 2 heterocycles. The van der Waals surface area contributed by atoms with Gasteiger partial charge in [-0.3, -0.25) is 4.68 Å². The van der Waals surface area contributed by atoms with Gasteiger partial charge in [-0.15, -0.1) is 0 Å². The summed E-state index contributed by atoms with van der Waals surface area (Å²) in [5, 5.41) is 8.81. The minimum atomic E-state index is 0.461. The summed E-state index contributed by atoms with van der Waals surface area (Å²) in [5.41, 5.74) is 13.1. The maximum atomic E-state index is 5.84. The van der Waals surface area contributed by atoms with Crippen molar-refractivity contribution >= 4 is 0 Å². The molecule has 2 aromatic carbocycles. The van der Waals surface area contributed by atoms with Crippen molar-refractivity contribution < 1.29 is 4.52 Å². The SMILES string of the molecule is Cc1ccc(Cn2nc(-c3cc(CN)ccc3-c3ncon3)cc2C)cc1. The Labute approximate surface area is 157 Å². The normalized spacial score (nSPS) is 11.1. The highest BCUT2D eigenvalue weighted by Crippen LogP contribution is 2.31. The van der Waals surface area contributed by atoms with Crippen LogP contribution in [0.15, 0.2) is 59.4 Å². The highest BCUT2D eigenvalue weighted by molar-refractivity contribution is 5.79. The zero-order chi connectivity index (χ0) is 18.8. The predicted molar refractivity (Wildman–Crippen MR) is 104 cm³/mol. The Morgan fingerprint density at radius 1 is 0.963 bits per heavy atom. The third-order valence-electron chi connectivity index (χ3n) is 4.63. The molecule has 0 amide bonds. The zero-order valence-electron chi connectivity index (χ0n) is 15.4. The van der Waals surface area contributed by atoms with Gasteiger partial charge in [0, 0.05) is 23.4 Å². The molecule has 136 valence electrons. The van der Waals surface area contributed by atoms with Gasteiger partial charge in [0.15, 0.2) is 0 Å². The second-order valence-corrected chi connectivity index (χ2v) is 6.65. The summed E-state index contributed by atoms with van der Waals surface area (Å²) >= 11 is 0. The van der Waals surface area contributed by atoms with Gasteiger partial charge >= 0.3 is 0 Å². The lowest BCUT2D eigenvalue weighted by Gasteiger charge is -2.07. The van der Waals surface area contributed by atoms with E-state index >= 15 is 0 Å². The third-order valence-corrected chi connectivity index (χ3v) is 4.63. The molecule has 0 aliphatic rings. The standard InChI is InChI=1S/C21H21N5O/c1-14-3-5-16(6-4-14)12-26-15(2)9-20(24-26)19-10-17(11-22)7-8-18(19)21-23-13-27-25-21/h3-10,13H,11-12,22H2,1-2H3. The van der Waals surface area contributed by atoms with Gasteiger partial charge in [-0.25, -0.2) is 0 Å². The maximum absolute atomic E-state index is 5.84. The molecule has 6 nitrogen and oxygen atoms in total. The van der Waals surface area contributed by atoms with E-state index in [-0.39, 0.29) is 0 Å². The first kappa shape index (κ1) is 17.2. The van der Waals surface area contributed by atoms with Crippen LogP contribution in [0.2, 0.25) is 0 Å². The Balaban J connectivity index is 1.74. The van der Waals surface area contributed by atoms with Gasteiger partial charge in [-0.05, 0) is 37.1 Å². The Kier molecular flexibility index (Phi) is 4.56. The van der Waals surface area contributed by atoms with E-state index in [0.29, 0.717) is 12.4 Å². The Morgan fingerprint density at radius 3 is 2.44 bits per heavy atom. The van der Waals surface area contributed by atoms with Crippen LogP contribution in [-0.4, -0.2) is 19.9 Å². The molecular formula is C21H21N5O. The largest absolute Gasteiger partial charge is 0.342 e. The summed E-state index contributed by atoms with van der Waals surface area (Å²) < 4.78 is 6.93. The van der Waals surface area contributed by atoms with Gasteiger partial charge in [-0.1, -0.05) is 47.1 Å². The lowest BCUT2D eigenvalue weighted by atomic mass is 10.0. The molecule has 0 aliphatic carbocycles. The number of hydrogen-bond donors (Lipinski definition) is 1. The fraction of sp³-hybridized carbons (Fsp3) is 0.190. The molecule has 0 bridgehead atoms. The summed E-state index contributed by atoms with van der Waals surface area (Å²) in [7, 11) is 0. The Hall–Kier alpha value is -3.25. The van der Waals surface area contributed by atoms with E-state index in [9.17, 15) is 0 Å². The lowest BCUT2D eigenvalue weighted by molar-refractivity contribution is 0.419. The van der Waals surface area contributed by atoms with E-state index in [1.54, 1.807) is 0 Å². The summed E-state index contributed by atoms with van der Waals surface area (Å²) in [5.74, 6) is 0.541. The summed E-state index contributed by atoms with van der Waals surface area (Å²) in [4.78, 5) is 4.19. The van der Waals surface area contributed by atoms with Crippen LogP contribution >= 0.6 is 0 Å². The first-order valence-electron chi connectivity index (χ1n) is 8.84. The van der Waals surface area contributed by atoms with E-state index in [0.717, 1.165) is 34.6 Å². The number of nitrogens with two attached hydrogens (primary N) is 1. The number of aromatic nitrogens is 4. The monoisotopic (exact) mass is 359 g/mol. The van der Waals surface area contributed by atoms with Crippen LogP contribution in [0.5, 0.6) is 0 Å². The van der Waals surface area contributed by atoms with Gasteiger partial charge in [-0.2, -0.15) is 10.1 Å². The zero-order valence-corrected chi connectivity index (χ0v) is 15.4. The number of benzene rings is 2. The van der Waals surface area contributed by atoms with Crippen LogP contribution in [0, 0.1) is 13.8 Å². The van der Waals surface area contributed by atoms with Gasteiger partial charge in [0.25, 0.3) is 0 Å². The first-order valence-corrected chi connectivity index (χ1v) is 8.84. The van der Waals surface area contributed by atoms with Gasteiger partial charge in [0.1, 0.15) is 0 Å². The van der Waals surface area contributed by atoms with Crippen molar-refractivity contribution in [3.8, 4) is 22.6 Å². The van der Waals surface area contributed by atoms with E-state index in [1.807, 2.05) is 22.9 Å².